The summed E-state index contributed by atoms with van der Waals surface area (Å²) in [6.07, 6.45) is 3.72. The quantitative estimate of drug-likeness (QED) is 0.481. The predicted octanol–water partition coefficient (Wildman–Crippen LogP) is 4.85. The molecule has 0 unspecified atom stereocenters. The second-order valence-corrected chi connectivity index (χ2v) is 8.83. The van der Waals surface area contributed by atoms with Crippen LogP contribution in [0.25, 0.3) is 10.2 Å². The van der Waals surface area contributed by atoms with Gasteiger partial charge in [-0.1, -0.05) is 11.6 Å². The molecule has 27 heavy (non-hydrogen) atoms. The van der Waals surface area contributed by atoms with Gasteiger partial charge in [0.15, 0.2) is 0 Å². The third kappa shape index (κ3) is 4.29. The first-order valence-electron chi connectivity index (χ1n) is 9.27. The van der Waals surface area contributed by atoms with E-state index in [1.807, 2.05) is 13.0 Å². The number of allylic oxidation sites excluding steroid dienone is 2. The summed E-state index contributed by atoms with van der Waals surface area (Å²) in [5, 5.41) is 2.05. The molecule has 0 aromatic carbocycles. The Morgan fingerprint density at radius 3 is 2.89 bits per heavy atom. The number of likely N-dealkylation sites (tertiary alicyclic amines) is 1. The summed E-state index contributed by atoms with van der Waals surface area (Å²) in [4.78, 5) is 27.2. The molecule has 0 spiro atoms. The predicted molar refractivity (Wildman–Crippen MR) is 112 cm³/mol. The van der Waals surface area contributed by atoms with Gasteiger partial charge in [0.2, 0.25) is 0 Å². The molecular weight excluding hydrogens is 428 g/mol. The molecule has 0 bridgehead atoms. The van der Waals surface area contributed by atoms with E-state index in [2.05, 4.69) is 45.8 Å². The number of thiophene rings is 1. The number of nitrogens with zero attached hydrogens (tertiary/aromatic N) is 2. The van der Waals surface area contributed by atoms with Gasteiger partial charge in [-0.2, -0.15) is 0 Å². The Balaban J connectivity index is 1.89. The van der Waals surface area contributed by atoms with E-state index in [0.29, 0.717) is 31.9 Å². The molecule has 3 rings (SSSR count). The maximum Gasteiger partial charge on any atom is 0.310 e. The zero-order valence-corrected chi connectivity index (χ0v) is 18.4. The Kier molecular flexibility index (Phi) is 6.42. The van der Waals surface area contributed by atoms with E-state index in [9.17, 15) is 9.59 Å². The Bertz CT molecular complexity index is 879. The standard InChI is InChI=1S/C20H25BrN2O3S/c1-4-26-20(25)14-6-5-8-22(11-14)19(24)16-10-17-18(15(21)12-27-17)23(16)9-7-13(2)3/h7,10,12,14H,4-6,8-9,11H2,1-3H3/t14-/m0/s1. The number of carbonyl (C=O) groups excluding carboxylic acids is 2. The van der Waals surface area contributed by atoms with Crippen molar-refractivity contribution in [2.45, 2.75) is 40.2 Å². The lowest BCUT2D eigenvalue weighted by Gasteiger charge is -2.31. The number of amides is 1. The lowest BCUT2D eigenvalue weighted by molar-refractivity contribution is -0.149. The molecule has 1 amide bonds. The van der Waals surface area contributed by atoms with Crippen molar-refractivity contribution in [3.63, 3.8) is 0 Å². The summed E-state index contributed by atoms with van der Waals surface area (Å²) < 4.78 is 9.32. The van der Waals surface area contributed by atoms with Crippen LogP contribution in [0.1, 0.15) is 44.1 Å². The smallest absolute Gasteiger partial charge is 0.310 e. The first-order chi connectivity index (χ1) is 12.9. The molecule has 3 heterocycles. The van der Waals surface area contributed by atoms with Crippen LogP contribution in [-0.4, -0.2) is 41.0 Å². The number of esters is 1. The van der Waals surface area contributed by atoms with Crippen molar-refractivity contribution in [2.75, 3.05) is 19.7 Å². The first-order valence-corrected chi connectivity index (χ1v) is 10.9. The number of hydrogen-bond donors (Lipinski definition) is 0. The lowest BCUT2D eigenvalue weighted by atomic mass is 9.98. The van der Waals surface area contributed by atoms with Crippen LogP contribution in [0, 0.1) is 5.92 Å². The number of halogens is 1. The molecular formula is C20H25BrN2O3S. The number of carbonyl (C=O) groups is 2. The van der Waals surface area contributed by atoms with Gasteiger partial charge in [0.25, 0.3) is 5.91 Å². The Labute approximate surface area is 172 Å². The molecule has 1 aliphatic rings. The molecule has 0 saturated carbocycles. The highest BCUT2D eigenvalue weighted by Crippen LogP contribution is 2.34. The number of piperidine rings is 1. The monoisotopic (exact) mass is 452 g/mol. The average molecular weight is 453 g/mol. The molecule has 0 aliphatic carbocycles. The van der Waals surface area contributed by atoms with Gasteiger partial charge in [0.05, 0.1) is 27.2 Å². The summed E-state index contributed by atoms with van der Waals surface area (Å²) in [5.41, 5.74) is 2.95. The maximum atomic E-state index is 13.3. The highest BCUT2D eigenvalue weighted by atomic mass is 79.9. The van der Waals surface area contributed by atoms with Crippen LogP contribution in [0.3, 0.4) is 0 Å². The minimum atomic E-state index is -0.225. The zero-order chi connectivity index (χ0) is 19.6. The largest absolute Gasteiger partial charge is 0.466 e. The van der Waals surface area contributed by atoms with E-state index < -0.39 is 0 Å². The Morgan fingerprint density at radius 1 is 1.41 bits per heavy atom. The minimum Gasteiger partial charge on any atom is -0.466 e. The summed E-state index contributed by atoms with van der Waals surface area (Å²) >= 11 is 5.24. The number of ether oxygens (including phenoxy) is 1. The van der Waals surface area contributed by atoms with Crippen molar-refractivity contribution < 1.29 is 14.3 Å². The Morgan fingerprint density at radius 2 is 2.19 bits per heavy atom. The fourth-order valence-corrected chi connectivity index (χ4v) is 5.14. The molecule has 1 saturated heterocycles. The molecule has 5 nitrogen and oxygen atoms in total. The molecule has 7 heteroatoms. The molecule has 0 N–H and O–H groups in total. The highest BCUT2D eigenvalue weighted by Gasteiger charge is 2.31. The van der Waals surface area contributed by atoms with Crippen molar-refractivity contribution in [3.8, 4) is 0 Å². The topological polar surface area (TPSA) is 51.5 Å². The molecule has 1 atom stereocenters. The van der Waals surface area contributed by atoms with Gasteiger partial charge in [0.1, 0.15) is 5.69 Å². The van der Waals surface area contributed by atoms with Crippen LogP contribution in [0.5, 0.6) is 0 Å². The van der Waals surface area contributed by atoms with Gasteiger partial charge in [-0.05, 0) is 55.6 Å². The van der Waals surface area contributed by atoms with Crippen molar-refractivity contribution in [3.05, 3.63) is 33.3 Å². The van der Waals surface area contributed by atoms with Gasteiger partial charge in [-0.25, -0.2) is 0 Å². The minimum absolute atomic E-state index is 0.0125. The van der Waals surface area contributed by atoms with E-state index in [1.165, 1.54) is 5.57 Å². The van der Waals surface area contributed by atoms with Crippen LogP contribution in [0.2, 0.25) is 0 Å². The molecule has 1 aliphatic heterocycles. The van der Waals surface area contributed by atoms with Crippen molar-refractivity contribution in [1.29, 1.82) is 0 Å². The second-order valence-electron chi connectivity index (χ2n) is 7.06. The number of fused-ring (bicyclic) bond motifs is 1. The summed E-state index contributed by atoms with van der Waals surface area (Å²) in [5.74, 6) is -0.434. The van der Waals surface area contributed by atoms with Crippen LogP contribution in [-0.2, 0) is 16.1 Å². The second kappa shape index (κ2) is 8.61. The zero-order valence-electron chi connectivity index (χ0n) is 16.0. The van der Waals surface area contributed by atoms with Gasteiger partial charge in [-0.15, -0.1) is 11.3 Å². The van der Waals surface area contributed by atoms with Crippen LogP contribution < -0.4 is 0 Å². The molecule has 1 fully saturated rings. The SMILES string of the molecule is CCOC(=O)[C@H]1CCCN(C(=O)c2cc3scc(Br)c3n2CC=C(C)C)C1. The van der Waals surface area contributed by atoms with E-state index >= 15 is 0 Å². The summed E-state index contributed by atoms with van der Waals surface area (Å²) in [6, 6.07) is 1.97. The van der Waals surface area contributed by atoms with Gasteiger partial charge >= 0.3 is 5.97 Å². The third-order valence-electron chi connectivity index (χ3n) is 4.81. The maximum absolute atomic E-state index is 13.3. The summed E-state index contributed by atoms with van der Waals surface area (Å²) in [7, 11) is 0. The number of aromatic nitrogens is 1. The van der Waals surface area contributed by atoms with E-state index in [0.717, 1.165) is 27.5 Å². The molecule has 2 aromatic rings. The van der Waals surface area contributed by atoms with E-state index in [1.54, 1.807) is 16.2 Å². The van der Waals surface area contributed by atoms with E-state index in [4.69, 9.17) is 4.74 Å². The van der Waals surface area contributed by atoms with Crippen molar-refractivity contribution in [2.24, 2.45) is 5.92 Å². The third-order valence-corrected chi connectivity index (χ3v) is 6.63. The average Bonchev–Trinajstić information content (AvgIpc) is 3.19. The fourth-order valence-electron chi connectivity index (χ4n) is 3.45. The van der Waals surface area contributed by atoms with Crippen LogP contribution in [0.4, 0.5) is 0 Å². The molecule has 0 radical (unpaired) electrons. The fraction of sp³-hybridized carbons (Fsp3) is 0.500. The molecule has 146 valence electrons. The van der Waals surface area contributed by atoms with Crippen molar-refractivity contribution in [1.82, 2.24) is 9.47 Å². The first kappa shape index (κ1) is 20.1. The lowest BCUT2D eigenvalue weighted by Crippen LogP contribution is -2.43. The molecule has 2 aromatic heterocycles. The van der Waals surface area contributed by atoms with Crippen LogP contribution >= 0.6 is 27.3 Å². The highest BCUT2D eigenvalue weighted by molar-refractivity contribution is 9.10. The van der Waals surface area contributed by atoms with E-state index in [-0.39, 0.29) is 17.8 Å². The van der Waals surface area contributed by atoms with Crippen LogP contribution in [0.15, 0.2) is 27.6 Å². The van der Waals surface area contributed by atoms with Gasteiger partial charge < -0.3 is 14.2 Å². The Hall–Kier alpha value is -1.60. The van der Waals surface area contributed by atoms with Crippen molar-refractivity contribution >= 4 is 49.4 Å². The normalized spacial score (nSPS) is 17.2. The van der Waals surface area contributed by atoms with Gasteiger partial charge in [0, 0.05) is 25.0 Å². The number of hydrogen-bond acceptors (Lipinski definition) is 4. The summed E-state index contributed by atoms with van der Waals surface area (Å²) in [6.45, 7) is 8.05. The van der Waals surface area contributed by atoms with Gasteiger partial charge in [-0.3, -0.25) is 9.59 Å². The number of rotatable bonds is 5.